The number of rotatable bonds is 5. The number of hydrogen-bond acceptors (Lipinski definition) is 1. The van der Waals surface area contributed by atoms with Crippen LogP contribution in [0.15, 0.2) is 30.3 Å². The molecule has 0 N–H and O–H groups in total. The molecule has 1 nitrogen and oxygen atoms in total. The number of benzene rings is 1. The van der Waals surface area contributed by atoms with Gasteiger partial charge in [-0.05, 0) is 25.5 Å². The SMILES string of the molecule is CCCN(c1ccccc1)C(C)CF. The molecule has 1 aromatic carbocycles. The van der Waals surface area contributed by atoms with Gasteiger partial charge in [-0.25, -0.2) is 4.39 Å². The predicted molar refractivity (Wildman–Crippen MR) is 59.5 cm³/mol. The lowest BCUT2D eigenvalue weighted by Gasteiger charge is -2.29. The summed E-state index contributed by atoms with van der Waals surface area (Å²) < 4.78 is 12.6. The Morgan fingerprint density at radius 1 is 1.29 bits per heavy atom. The Hall–Kier alpha value is -1.05. The van der Waals surface area contributed by atoms with Crippen molar-refractivity contribution in [3.8, 4) is 0 Å². The van der Waals surface area contributed by atoms with Crippen LogP contribution in [0.5, 0.6) is 0 Å². The van der Waals surface area contributed by atoms with Crippen LogP contribution in [0, 0.1) is 0 Å². The fourth-order valence-electron chi connectivity index (χ4n) is 1.55. The predicted octanol–water partition coefficient (Wildman–Crippen LogP) is 3.26. The van der Waals surface area contributed by atoms with Crippen LogP contribution in [0.3, 0.4) is 0 Å². The summed E-state index contributed by atoms with van der Waals surface area (Å²) in [5.74, 6) is 0. The molecule has 1 rings (SSSR count). The molecule has 0 aliphatic heterocycles. The van der Waals surface area contributed by atoms with E-state index in [1.807, 2.05) is 37.3 Å². The summed E-state index contributed by atoms with van der Waals surface area (Å²) in [5, 5.41) is 0. The smallest absolute Gasteiger partial charge is 0.109 e. The molecule has 1 atom stereocenters. The Morgan fingerprint density at radius 2 is 1.93 bits per heavy atom. The summed E-state index contributed by atoms with van der Waals surface area (Å²) in [6, 6.07) is 9.99. The summed E-state index contributed by atoms with van der Waals surface area (Å²) >= 11 is 0. The first-order valence-electron chi connectivity index (χ1n) is 5.17. The topological polar surface area (TPSA) is 3.24 Å². The first-order chi connectivity index (χ1) is 6.79. The summed E-state index contributed by atoms with van der Waals surface area (Å²) in [7, 11) is 0. The van der Waals surface area contributed by atoms with Gasteiger partial charge in [0.2, 0.25) is 0 Å². The third-order valence-corrected chi connectivity index (χ3v) is 2.31. The number of anilines is 1. The minimum Gasteiger partial charge on any atom is -0.366 e. The van der Waals surface area contributed by atoms with Gasteiger partial charge in [0, 0.05) is 12.2 Å². The summed E-state index contributed by atoms with van der Waals surface area (Å²) in [6.45, 7) is 4.65. The second kappa shape index (κ2) is 5.63. The molecular formula is C12H18FN. The average Bonchev–Trinajstić information content (AvgIpc) is 2.26. The van der Waals surface area contributed by atoms with Crippen LogP contribution < -0.4 is 4.90 Å². The molecule has 0 saturated carbocycles. The highest BCUT2D eigenvalue weighted by atomic mass is 19.1. The third kappa shape index (κ3) is 2.72. The van der Waals surface area contributed by atoms with Crippen molar-refractivity contribution in [1.82, 2.24) is 0 Å². The number of alkyl halides is 1. The number of hydrogen-bond donors (Lipinski definition) is 0. The molecule has 0 heterocycles. The van der Waals surface area contributed by atoms with Crippen LogP contribution in [-0.2, 0) is 0 Å². The first-order valence-corrected chi connectivity index (χ1v) is 5.17. The molecule has 0 fully saturated rings. The lowest BCUT2D eigenvalue weighted by Crippen LogP contribution is -2.35. The fourth-order valence-corrected chi connectivity index (χ4v) is 1.55. The van der Waals surface area contributed by atoms with Gasteiger partial charge in [-0.1, -0.05) is 25.1 Å². The van der Waals surface area contributed by atoms with E-state index in [-0.39, 0.29) is 12.7 Å². The number of nitrogens with zero attached hydrogens (tertiary/aromatic N) is 1. The Morgan fingerprint density at radius 3 is 2.43 bits per heavy atom. The molecule has 0 aromatic heterocycles. The molecule has 0 aliphatic carbocycles. The molecule has 0 saturated heterocycles. The van der Waals surface area contributed by atoms with Crippen molar-refractivity contribution in [3.63, 3.8) is 0 Å². The lowest BCUT2D eigenvalue weighted by atomic mass is 10.2. The van der Waals surface area contributed by atoms with Gasteiger partial charge in [-0.15, -0.1) is 0 Å². The maximum atomic E-state index is 12.6. The molecule has 78 valence electrons. The van der Waals surface area contributed by atoms with E-state index in [0.29, 0.717) is 0 Å². The van der Waals surface area contributed by atoms with Gasteiger partial charge < -0.3 is 4.90 Å². The van der Waals surface area contributed by atoms with E-state index >= 15 is 0 Å². The van der Waals surface area contributed by atoms with Crippen molar-refractivity contribution >= 4 is 5.69 Å². The van der Waals surface area contributed by atoms with Crippen molar-refractivity contribution in [3.05, 3.63) is 30.3 Å². The van der Waals surface area contributed by atoms with Crippen LogP contribution in [0.25, 0.3) is 0 Å². The Bertz CT molecular complexity index is 248. The molecule has 2 heteroatoms. The van der Waals surface area contributed by atoms with Crippen LogP contribution >= 0.6 is 0 Å². The highest BCUT2D eigenvalue weighted by Crippen LogP contribution is 2.16. The van der Waals surface area contributed by atoms with Gasteiger partial charge in [0.25, 0.3) is 0 Å². The molecule has 1 unspecified atom stereocenters. The minimum atomic E-state index is -0.297. The van der Waals surface area contributed by atoms with Crippen molar-refractivity contribution in [2.24, 2.45) is 0 Å². The van der Waals surface area contributed by atoms with Gasteiger partial charge in [0.15, 0.2) is 0 Å². The first kappa shape index (κ1) is 11.0. The summed E-state index contributed by atoms with van der Waals surface area (Å²) in [5.41, 5.74) is 1.11. The van der Waals surface area contributed by atoms with E-state index in [2.05, 4.69) is 11.8 Å². The Balaban J connectivity index is 2.77. The van der Waals surface area contributed by atoms with E-state index < -0.39 is 0 Å². The Labute approximate surface area is 85.5 Å². The van der Waals surface area contributed by atoms with Crippen LogP contribution in [0.4, 0.5) is 10.1 Å². The van der Waals surface area contributed by atoms with Crippen molar-refractivity contribution in [1.29, 1.82) is 0 Å². The van der Waals surface area contributed by atoms with Gasteiger partial charge in [0.1, 0.15) is 6.67 Å². The zero-order chi connectivity index (χ0) is 10.4. The quantitative estimate of drug-likeness (QED) is 0.697. The van der Waals surface area contributed by atoms with E-state index in [1.165, 1.54) is 0 Å². The highest BCUT2D eigenvalue weighted by molar-refractivity contribution is 5.46. The Kier molecular flexibility index (Phi) is 4.44. The molecular weight excluding hydrogens is 177 g/mol. The van der Waals surface area contributed by atoms with Crippen molar-refractivity contribution < 1.29 is 4.39 Å². The number of halogens is 1. The van der Waals surface area contributed by atoms with Crippen molar-refractivity contribution in [2.75, 3.05) is 18.1 Å². The van der Waals surface area contributed by atoms with Gasteiger partial charge in [-0.3, -0.25) is 0 Å². The second-order valence-corrected chi connectivity index (χ2v) is 3.53. The maximum absolute atomic E-state index is 12.6. The van der Waals surface area contributed by atoms with Gasteiger partial charge in [0.05, 0.1) is 6.04 Å². The largest absolute Gasteiger partial charge is 0.366 e. The lowest BCUT2D eigenvalue weighted by molar-refractivity contribution is 0.425. The molecule has 0 aliphatic rings. The zero-order valence-corrected chi connectivity index (χ0v) is 8.91. The minimum absolute atomic E-state index is 0.0302. The monoisotopic (exact) mass is 195 g/mol. The fraction of sp³-hybridized carbons (Fsp3) is 0.500. The standard InChI is InChI=1S/C12H18FN/c1-3-9-14(11(2)10-13)12-7-5-4-6-8-12/h4-8,11H,3,9-10H2,1-2H3. The highest BCUT2D eigenvalue weighted by Gasteiger charge is 2.12. The van der Waals surface area contributed by atoms with E-state index in [0.717, 1.165) is 18.7 Å². The van der Waals surface area contributed by atoms with Crippen LogP contribution in [0.1, 0.15) is 20.3 Å². The summed E-state index contributed by atoms with van der Waals surface area (Å²) in [4.78, 5) is 2.11. The number of para-hydroxylation sites is 1. The average molecular weight is 195 g/mol. The third-order valence-electron chi connectivity index (χ3n) is 2.31. The molecule has 0 bridgehead atoms. The normalized spacial score (nSPS) is 12.5. The van der Waals surface area contributed by atoms with Crippen LogP contribution in [-0.4, -0.2) is 19.3 Å². The van der Waals surface area contributed by atoms with E-state index in [1.54, 1.807) is 0 Å². The zero-order valence-electron chi connectivity index (χ0n) is 8.91. The van der Waals surface area contributed by atoms with Gasteiger partial charge >= 0.3 is 0 Å². The summed E-state index contributed by atoms with van der Waals surface area (Å²) in [6.07, 6.45) is 1.04. The van der Waals surface area contributed by atoms with Gasteiger partial charge in [-0.2, -0.15) is 0 Å². The molecule has 1 aromatic rings. The molecule has 0 spiro atoms. The second-order valence-electron chi connectivity index (χ2n) is 3.53. The van der Waals surface area contributed by atoms with Crippen LogP contribution in [0.2, 0.25) is 0 Å². The van der Waals surface area contributed by atoms with Crippen molar-refractivity contribution in [2.45, 2.75) is 26.3 Å². The maximum Gasteiger partial charge on any atom is 0.109 e. The van der Waals surface area contributed by atoms with E-state index in [4.69, 9.17) is 0 Å². The van der Waals surface area contributed by atoms with E-state index in [9.17, 15) is 4.39 Å². The molecule has 14 heavy (non-hydrogen) atoms. The molecule has 0 amide bonds. The molecule has 0 radical (unpaired) electrons.